The minimum Gasteiger partial charge on any atom is -0.493 e. The van der Waals surface area contributed by atoms with Gasteiger partial charge in [0.1, 0.15) is 17.7 Å². The molecule has 3 aromatic rings. The fraction of sp³-hybridized carbons (Fsp3) is 0.400. The van der Waals surface area contributed by atoms with Gasteiger partial charge in [0.25, 0.3) is 0 Å². The number of halogens is 1. The van der Waals surface area contributed by atoms with E-state index < -0.39 is 0 Å². The first-order valence-corrected chi connectivity index (χ1v) is 9.40. The summed E-state index contributed by atoms with van der Waals surface area (Å²) in [6.07, 6.45) is 4.58. The third kappa shape index (κ3) is 4.76. The highest BCUT2D eigenvalue weighted by atomic mass is 19.1. The number of rotatable bonds is 7. The molecule has 0 radical (unpaired) electrons. The molecule has 0 unspecified atom stereocenters. The first kappa shape index (κ1) is 18.6. The third-order valence-electron chi connectivity index (χ3n) is 4.75. The van der Waals surface area contributed by atoms with Crippen LogP contribution in [0.25, 0.3) is 0 Å². The maximum absolute atomic E-state index is 12.9. The Kier molecular flexibility index (Phi) is 5.68. The lowest BCUT2D eigenvalue weighted by molar-refractivity contribution is -0.0350. The largest absolute Gasteiger partial charge is 0.493 e. The standard InChI is InChI=1S/C20H24FN5O2/c1-25-12-15(11-22-25)13-26-7-9-28-20(14-26)19-10-17(23-24-19)6-8-27-18-4-2-16(21)3-5-18/h2-5,10-12,20H,6-9,13-14H2,1H3,(H,23,24)/t20-/m1/s1. The predicted molar refractivity (Wildman–Crippen MR) is 101 cm³/mol. The van der Waals surface area contributed by atoms with Crippen LogP contribution < -0.4 is 4.74 Å². The van der Waals surface area contributed by atoms with Crippen LogP contribution in [-0.4, -0.2) is 51.2 Å². The second-order valence-electron chi connectivity index (χ2n) is 6.99. The lowest BCUT2D eigenvalue weighted by atomic mass is 10.1. The quantitative estimate of drug-likeness (QED) is 0.677. The molecule has 4 rings (SSSR count). The van der Waals surface area contributed by atoms with Crippen molar-refractivity contribution in [3.8, 4) is 5.75 Å². The van der Waals surface area contributed by atoms with Crippen LogP contribution in [0.1, 0.15) is 23.1 Å². The lowest BCUT2D eigenvalue weighted by Crippen LogP contribution is -2.37. The summed E-state index contributed by atoms with van der Waals surface area (Å²) in [6.45, 7) is 3.72. The first-order valence-electron chi connectivity index (χ1n) is 9.40. The van der Waals surface area contributed by atoms with Crippen molar-refractivity contribution >= 4 is 0 Å². The molecular weight excluding hydrogens is 361 g/mol. The molecule has 0 saturated carbocycles. The Hall–Kier alpha value is -2.71. The molecule has 1 fully saturated rings. The maximum Gasteiger partial charge on any atom is 0.123 e. The van der Waals surface area contributed by atoms with E-state index in [4.69, 9.17) is 9.47 Å². The Labute approximate surface area is 163 Å². The molecule has 28 heavy (non-hydrogen) atoms. The van der Waals surface area contributed by atoms with Crippen LogP contribution in [0, 0.1) is 5.82 Å². The van der Waals surface area contributed by atoms with Crippen molar-refractivity contribution in [3.63, 3.8) is 0 Å². The number of aromatic nitrogens is 4. The summed E-state index contributed by atoms with van der Waals surface area (Å²) < 4.78 is 26.3. The van der Waals surface area contributed by atoms with Crippen LogP contribution in [0.3, 0.4) is 0 Å². The molecule has 1 saturated heterocycles. The van der Waals surface area contributed by atoms with Gasteiger partial charge >= 0.3 is 0 Å². The molecule has 3 heterocycles. The van der Waals surface area contributed by atoms with Crippen molar-refractivity contribution in [2.45, 2.75) is 19.1 Å². The zero-order chi connectivity index (χ0) is 19.3. The Balaban J connectivity index is 1.28. The number of hydrogen-bond donors (Lipinski definition) is 1. The molecule has 0 aliphatic carbocycles. The zero-order valence-electron chi connectivity index (χ0n) is 15.8. The molecule has 1 aliphatic rings. The molecule has 1 aliphatic heterocycles. The van der Waals surface area contributed by atoms with Crippen molar-refractivity contribution in [1.29, 1.82) is 0 Å². The zero-order valence-corrected chi connectivity index (χ0v) is 15.8. The molecule has 0 bridgehead atoms. The SMILES string of the molecule is Cn1cc(CN2CCO[C@@H](c3cc(CCOc4ccc(F)cc4)[nH]n3)C2)cn1. The highest BCUT2D eigenvalue weighted by molar-refractivity contribution is 5.22. The smallest absolute Gasteiger partial charge is 0.123 e. The summed E-state index contributed by atoms with van der Waals surface area (Å²) in [5, 5.41) is 11.7. The third-order valence-corrected chi connectivity index (χ3v) is 4.75. The minimum atomic E-state index is -0.268. The minimum absolute atomic E-state index is 0.0477. The average molecular weight is 385 g/mol. The summed E-state index contributed by atoms with van der Waals surface area (Å²) in [4.78, 5) is 2.36. The van der Waals surface area contributed by atoms with Crippen LogP contribution in [0.2, 0.25) is 0 Å². The van der Waals surface area contributed by atoms with E-state index in [0.29, 0.717) is 25.4 Å². The summed E-state index contributed by atoms with van der Waals surface area (Å²) in [6, 6.07) is 8.07. The van der Waals surface area contributed by atoms with Crippen LogP contribution >= 0.6 is 0 Å². The van der Waals surface area contributed by atoms with Crippen molar-refractivity contribution in [2.75, 3.05) is 26.3 Å². The van der Waals surface area contributed by atoms with E-state index in [9.17, 15) is 4.39 Å². The van der Waals surface area contributed by atoms with E-state index in [0.717, 1.165) is 31.0 Å². The molecule has 8 heteroatoms. The van der Waals surface area contributed by atoms with Gasteiger partial charge in [-0.3, -0.25) is 14.7 Å². The van der Waals surface area contributed by atoms with Crippen LogP contribution in [0.15, 0.2) is 42.7 Å². The van der Waals surface area contributed by atoms with Gasteiger partial charge in [0.05, 0.1) is 25.1 Å². The number of H-pyrrole nitrogens is 1. The molecule has 148 valence electrons. The summed E-state index contributed by atoms with van der Waals surface area (Å²) in [5.74, 6) is 0.387. The summed E-state index contributed by atoms with van der Waals surface area (Å²) in [5.41, 5.74) is 3.10. The molecule has 2 aromatic heterocycles. The lowest BCUT2D eigenvalue weighted by Gasteiger charge is -2.31. The van der Waals surface area contributed by atoms with Crippen molar-refractivity contribution < 1.29 is 13.9 Å². The topological polar surface area (TPSA) is 68.2 Å². The van der Waals surface area contributed by atoms with Gasteiger partial charge in [-0.1, -0.05) is 0 Å². The summed E-state index contributed by atoms with van der Waals surface area (Å²) >= 11 is 0. The van der Waals surface area contributed by atoms with Gasteiger partial charge in [-0.05, 0) is 30.3 Å². The molecule has 7 nitrogen and oxygen atoms in total. The number of aromatic amines is 1. The maximum atomic E-state index is 12.9. The second-order valence-corrected chi connectivity index (χ2v) is 6.99. The number of aryl methyl sites for hydroxylation is 1. The van der Waals surface area contributed by atoms with Crippen LogP contribution in [-0.2, 0) is 24.8 Å². The number of hydrogen-bond acceptors (Lipinski definition) is 5. The molecule has 1 aromatic carbocycles. The molecule has 0 spiro atoms. The van der Waals surface area contributed by atoms with Crippen molar-refractivity contribution in [1.82, 2.24) is 24.9 Å². The molecule has 1 atom stereocenters. The second kappa shape index (κ2) is 8.53. The highest BCUT2D eigenvalue weighted by Gasteiger charge is 2.24. The van der Waals surface area contributed by atoms with Gasteiger partial charge < -0.3 is 9.47 Å². The number of benzene rings is 1. The average Bonchev–Trinajstić information content (AvgIpc) is 3.33. The Morgan fingerprint density at radius 1 is 1.32 bits per heavy atom. The number of morpholine rings is 1. The number of nitrogens with zero attached hydrogens (tertiary/aromatic N) is 4. The van der Waals surface area contributed by atoms with Gasteiger partial charge in [-0.25, -0.2) is 4.39 Å². The van der Waals surface area contributed by atoms with E-state index in [1.54, 1.807) is 12.1 Å². The van der Waals surface area contributed by atoms with E-state index in [-0.39, 0.29) is 11.9 Å². The normalized spacial score (nSPS) is 17.7. The Morgan fingerprint density at radius 2 is 2.18 bits per heavy atom. The van der Waals surface area contributed by atoms with Crippen molar-refractivity contribution in [2.24, 2.45) is 7.05 Å². The van der Waals surface area contributed by atoms with Gasteiger partial charge in [0.15, 0.2) is 0 Å². The number of ether oxygens (including phenoxy) is 2. The molecular formula is C20H24FN5O2. The van der Waals surface area contributed by atoms with E-state index in [1.807, 2.05) is 30.2 Å². The number of nitrogens with one attached hydrogen (secondary N) is 1. The fourth-order valence-electron chi connectivity index (χ4n) is 3.32. The Morgan fingerprint density at radius 3 is 2.96 bits per heavy atom. The fourth-order valence-corrected chi connectivity index (χ4v) is 3.32. The van der Waals surface area contributed by atoms with E-state index >= 15 is 0 Å². The highest BCUT2D eigenvalue weighted by Crippen LogP contribution is 2.22. The Bertz CT molecular complexity index is 892. The monoisotopic (exact) mass is 385 g/mol. The summed E-state index contributed by atoms with van der Waals surface area (Å²) in [7, 11) is 1.93. The van der Waals surface area contributed by atoms with Gasteiger partial charge in [-0.15, -0.1) is 0 Å². The van der Waals surface area contributed by atoms with Gasteiger partial charge in [0, 0.05) is 50.6 Å². The van der Waals surface area contributed by atoms with Gasteiger partial charge in [-0.2, -0.15) is 10.2 Å². The first-order chi connectivity index (χ1) is 13.7. The van der Waals surface area contributed by atoms with Crippen LogP contribution in [0.5, 0.6) is 5.75 Å². The molecule has 0 amide bonds. The van der Waals surface area contributed by atoms with Crippen LogP contribution in [0.4, 0.5) is 4.39 Å². The molecule has 1 N–H and O–H groups in total. The van der Waals surface area contributed by atoms with Gasteiger partial charge in [0.2, 0.25) is 0 Å². The predicted octanol–water partition coefficient (Wildman–Crippen LogP) is 2.48. The van der Waals surface area contributed by atoms with Crippen molar-refractivity contribution in [3.05, 3.63) is 65.5 Å². The van der Waals surface area contributed by atoms with E-state index in [2.05, 4.69) is 20.2 Å². The van der Waals surface area contributed by atoms with E-state index in [1.165, 1.54) is 17.7 Å².